The van der Waals surface area contributed by atoms with Gasteiger partial charge in [-0.05, 0) is 6.92 Å². The summed E-state index contributed by atoms with van der Waals surface area (Å²) in [4.78, 5) is 10.8. The van der Waals surface area contributed by atoms with Crippen molar-refractivity contribution >= 4 is 18.6 Å². The molecular formula is C13H9F17O2S. The lowest BCUT2D eigenvalue weighted by Gasteiger charge is -2.42. The summed E-state index contributed by atoms with van der Waals surface area (Å²) >= 11 is 3.01. The molecule has 0 heterocycles. The van der Waals surface area contributed by atoms with Gasteiger partial charge >= 0.3 is 53.8 Å². The van der Waals surface area contributed by atoms with Crippen LogP contribution in [0.15, 0.2) is 0 Å². The molecule has 0 aliphatic heterocycles. The van der Waals surface area contributed by atoms with Crippen LogP contribution in [0, 0.1) is 0 Å². The average molecular weight is 552 g/mol. The average Bonchev–Trinajstić information content (AvgIpc) is 2.57. The molecule has 0 amide bonds. The number of thiol groups is 1. The third-order valence-electron chi connectivity index (χ3n) is 3.69. The second kappa shape index (κ2) is 8.69. The van der Waals surface area contributed by atoms with Crippen LogP contribution >= 0.6 is 12.6 Å². The summed E-state index contributed by atoms with van der Waals surface area (Å²) in [5.41, 5.74) is 0. The van der Waals surface area contributed by atoms with Crippen LogP contribution in [0.5, 0.6) is 0 Å². The first-order valence-corrected chi connectivity index (χ1v) is 8.17. The molecule has 33 heavy (non-hydrogen) atoms. The number of carbonyl (C=O) groups is 1. The third kappa shape index (κ3) is 5.33. The molecule has 0 fully saturated rings. The highest BCUT2D eigenvalue weighted by Crippen LogP contribution is 2.62. The Kier molecular flexibility index (Phi) is 8.33. The van der Waals surface area contributed by atoms with Gasteiger partial charge in [0.1, 0.15) is 0 Å². The van der Waals surface area contributed by atoms with E-state index in [1.807, 2.05) is 0 Å². The van der Waals surface area contributed by atoms with E-state index in [2.05, 4.69) is 17.4 Å². The fraction of sp³-hybridized carbons (Fsp3) is 0.923. The van der Waals surface area contributed by atoms with Crippen molar-refractivity contribution < 1.29 is 84.2 Å². The summed E-state index contributed by atoms with van der Waals surface area (Å²) in [6.07, 6.45) is -19.4. The van der Waals surface area contributed by atoms with Gasteiger partial charge in [-0.25, -0.2) is 0 Å². The Hall–Kier alpha value is -1.37. The van der Waals surface area contributed by atoms with Crippen molar-refractivity contribution in [1.29, 1.82) is 0 Å². The first-order chi connectivity index (χ1) is 14.0. The zero-order valence-electron chi connectivity index (χ0n) is 15.2. The molecule has 0 aromatic heterocycles. The predicted octanol–water partition coefficient (Wildman–Crippen LogP) is 6.60. The lowest BCUT2D eigenvalue weighted by Crippen LogP contribution is -2.73. The monoisotopic (exact) mass is 552 g/mol. The standard InChI is InChI=1S/C13H9F17O2S/c1-4(33)5(31)32-13(29,30)12(27,28)11(25,26)10(23,24)9(21,22)8(19,20)6(14,15)2-3-7(16,17)18/h4,33H,2-3H2,1H3. The van der Waals surface area contributed by atoms with Gasteiger partial charge in [-0.1, -0.05) is 0 Å². The van der Waals surface area contributed by atoms with Crippen molar-refractivity contribution in [3.8, 4) is 0 Å². The van der Waals surface area contributed by atoms with Gasteiger partial charge in [-0.3, -0.25) is 4.79 Å². The van der Waals surface area contributed by atoms with Gasteiger partial charge in [0.25, 0.3) is 0 Å². The number of hydrogen-bond acceptors (Lipinski definition) is 3. The Bertz CT molecular complexity index is 712. The quantitative estimate of drug-likeness (QED) is 0.188. The summed E-state index contributed by atoms with van der Waals surface area (Å²) in [6, 6.07) is 0. The Morgan fingerprint density at radius 2 is 0.970 bits per heavy atom. The molecule has 0 aromatic rings. The molecule has 0 aliphatic carbocycles. The van der Waals surface area contributed by atoms with E-state index in [1.165, 1.54) is 0 Å². The maximum Gasteiger partial charge on any atom is 0.473 e. The SMILES string of the molecule is CC(S)C(=O)OC(F)(F)C(F)(F)C(F)(F)C(F)(F)C(F)(F)C(F)(F)C(F)(F)CCC(F)(F)F. The van der Waals surface area contributed by atoms with Gasteiger partial charge in [0, 0.05) is 12.8 Å². The third-order valence-corrected chi connectivity index (χ3v) is 3.91. The Balaban J connectivity index is 6.47. The lowest BCUT2D eigenvalue weighted by molar-refractivity contribution is -0.461. The van der Waals surface area contributed by atoms with Crippen LogP contribution in [0.4, 0.5) is 74.6 Å². The van der Waals surface area contributed by atoms with E-state index in [4.69, 9.17) is 0 Å². The van der Waals surface area contributed by atoms with Crippen LogP contribution in [0.1, 0.15) is 19.8 Å². The van der Waals surface area contributed by atoms with E-state index in [0.29, 0.717) is 6.92 Å². The van der Waals surface area contributed by atoms with E-state index >= 15 is 0 Å². The maximum atomic E-state index is 13.5. The second-order valence-corrected chi connectivity index (χ2v) is 7.08. The molecule has 0 saturated carbocycles. The van der Waals surface area contributed by atoms with Crippen LogP contribution in [0.25, 0.3) is 0 Å². The van der Waals surface area contributed by atoms with Gasteiger partial charge in [-0.2, -0.15) is 87.3 Å². The molecule has 20 heteroatoms. The number of rotatable bonds is 10. The van der Waals surface area contributed by atoms with Crippen molar-refractivity contribution in [2.45, 2.75) is 72.8 Å². The van der Waals surface area contributed by atoms with E-state index in [-0.39, 0.29) is 0 Å². The van der Waals surface area contributed by atoms with Crippen molar-refractivity contribution in [2.24, 2.45) is 0 Å². The van der Waals surface area contributed by atoms with Crippen LogP contribution in [-0.2, 0) is 9.53 Å². The number of ether oxygens (including phenoxy) is 1. The first kappa shape index (κ1) is 31.6. The van der Waals surface area contributed by atoms with Gasteiger partial charge < -0.3 is 4.74 Å². The minimum Gasteiger partial charge on any atom is -0.395 e. The molecule has 0 spiro atoms. The molecule has 0 radical (unpaired) electrons. The molecule has 0 aromatic carbocycles. The molecular weight excluding hydrogens is 543 g/mol. The molecule has 1 atom stereocenters. The smallest absolute Gasteiger partial charge is 0.395 e. The van der Waals surface area contributed by atoms with E-state index in [9.17, 15) is 79.4 Å². The normalized spacial score (nSPS) is 16.6. The summed E-state index contributed by atoms with van der Waals surface area (Å²) in [5.74, 6) is -50.6. The number of halogens is 17. The lowest BCUT2D eigenvalue weighted by atomic mass is 9.89. The van der Waals surface area contributed by atoms with E-state index in [0.717, 1.165) is 0 Å². The molecule has 0 saturated heterocycles. The van der Waals surface area contributed by atoms with Crippen molar-refractivity contribution in [1.82, 2.24) is 0 Å². The van der Waals surface area contributed by atoms with Gasteiger partial charge in [0.15, 0.2) is 0 Å². The summed E-state index contributed by atoms with van der Waals surface area (Å²) in [7, 11) is 0. The van der Waals surface area contributed by atoms with Crippen LogP contribution in [0.2, 0.25) is 0 Å². The number of carbonyl (C=O) groups excluding carboxylic acids is 1. The van der Waals surface area contributed by atoms with E-state index in [1.54, 1.807) is 0 Å². The maximum absolute atomic E-state index is 13.5. The summed E-state index contributed by atoms with van der Waals surface area (Å²) < 4.78 is 226. The molecule has 1 unspecified atom stereocenters. The zero-order chi connectivity index (χ0) is 27.3. The fourth-order valence-electron chi connectivity index (χ4n) is 1.74. The van der Waals surface area contributed by atoms with Gasteiger partial charge in [0.05, 0.1) is 5.25 Å². The topological polar surface area (TPSA) is 26.3 Å². The molecule has 0 aliphatic rings. The first-order valence-electron chi connectivity index (χ1n) is 7.66. The molecule has 2 nitrogen and oxygen atoms in total. The minimum absolute atomic E-state index is 0.476. The molecule has 0 N–H and O–H groups in total. The number of alkyl halides is 17. The Morgan fingerprint density at radius 1 is 0.636 bits per heavy atom. The van der Waals surface area contributed by atoms with E-state index < -0.39 is 71.9 Å². The molecule has 198 valence electrons. The summed E-state index contributed by atoms with van der Waals surface area (Å²) in [5, 5.41) is -2.14. The highest BCUT2D eigenvalue weighted by molar-refractivity contribution is 7.81. The zero-order valence-corrected chi connectivity index (χ0v) is 16.1. The predicted molar refractivity (Wildman–Crippen MR) is 74.5 cm³/mol. The minimum atomic E-state index is -8.49. The number of hydrogen-bond donors (Lipinski definition) is 1. The second-order valence-electron chi connectivity index (χ2n) is 6.31. The molecule has 0 bridgehead atoms. The van der Waals surface area contributed by atoms with Crippen LogP contribution < -0.4 is 0 Å². The van der Waals surface area contributed by atoms with Crippen molar-refractivity contribution in [3.05, 3.63) is 0 Å². The molecule has 0 rings (SSSR count). The highest BCUT2D eigenvalue weighted by Gasteiger charge is 2.93. The van der Waals surface area contributed by atoms with Crippen molar-refractivity contribution in [3.63, 3.8) is 0 Å². The van der Waals surface area contributed by atoms with Crippen LogP contribution in [0.3, 0.4) is 0 Å². The van der Waals surface area contributed by atoms with Crippen molar-refractivity contribution in [2.75, 3.05) is 0 Å². The highest BCUT2D eigenvalue weighted by atomic mass is 32.1. The van der Waals surface area contributed by atoms with Gasteiger partial charge in [0.2, 0.25) is 0 Å². The van der Waals surface area contributed by atoms with Crippen LogP contribution in [-0.4, -0.2) is 59.0 Å². The van der Waals surface area contributed by atoms with Gasteiger partial charge in [-0.15, -0.1) is 0 Å². The largest absolute Gasteiger partial charge is 0.473 e. The summed E-state index contributed by atoms with van der Waals surface area (Å²) in [6.45, 7) is 0.476. The number of esters is 1. The Morgan fingerprint density at radius 3 is 1.30 bits per heavy atom. The fourth-order valence-corrected chi connectivity index (χ4v) is 1.79. The Labute approximate surface area is 176 Å².